The Bertz CT molecular complexity index is 557. The van der Waals surface area contributed by atoms with Gasteiger partial charge in [0.1, 0.15) is 0 Å². The van der Waals surface area contributed by atoms with Crippen molar-refractivity contribution in [1.29, 1.82) is 0 Å². The van der Waals surface area contributed by atoms with Crippen LogP contribution < -0.4 is 0 Å². The quantitative estimate of drug-likeness (QED) is 0.816. The van der Waals surface area contributed by atoms with Gasteiger partial charge in [-0.1, -0.05) is 17.7 Å². The molecule has 1 aromatic carbocycles. The van der Waals surface area contributed by atoms with Crippen LogP contribution in [0.1, 0.15) is 37.0 Å². The number of benzene rings is 1. The fourth-order valence-corrected chi connectivity index (χ4v) is 2.14. The lowest BCUT2D eigenvalue weighted by molar-refractivity contribution is -0.142. The minimum Gasteiger partial charge on any atom is -0.347 e. The van der Waals surface area contributed by atoms with E-state index in [1.807, 2.05) is 19.9 Å². The van der Waals surface area contributed by atoms with E-state index in [1.165, 1.54) is 11.1 Å². The predicted octanol–water partition coefficient (Wildman–Crippen LogP) is 3.77. The number of hydrogen-bond acceptors (Lipinski definition) is 3. The summed E-state index contributed by atoms with van der Waals surface area (Å²) in [7, 11) is 0. The standard InChI is InChI=1S/C16H22N2O2/c1-5-19-16(20-6-2)15-10-14(17-18-15)13-9-11(3)7-8-12(13)4/h7-10,16H,5-6H2,1-4H3,(H,17,18). The maximum atomic E-state index is 5.58. The van der Waals surface area contributed by atoms with Crippen molar-refractivity contribution < 1.29 is 9.47 Å². The van der Waals surface area contributed by atoms with Crippen molar-refractivity contribution in [2.45, 2.75) is 34.0 Å². The van der Waals surface area contributed by atoms with Crippen molar-refractivity contribution >= 4 is 0 Å². The van der Waals surface area contributed by atoms with Crippen LogP contribution in [-0.4, -0.2) is 23.4 Å². The van der Waals surface area contributed by atoms with E-state index in [2.05, 4.69) is 42.2 Å². The number of nitrogens with one attached hydrogen (secondary N) is 1. The second-order valence-corrected chi connectivity index (χ2v) is 4.77. The van der Waals surface area contributed by atoms with Crippen LogP contribution in [0.2, 0.25) is 0 Å². The molecule has 1 aromatic heterocycles. The van der Waals surface area contributed by atoms with Crippen molar-refractivity contribution in [2.24, 2.45) is 0 Å². The molecule has 20 heavy (non-hydrogen) atoms. The third-order valence-electron chi connectivity index (χ3n) is 3.16. The molecule has 0 aliphatic carbocycles. The molecule has 0 bridgehead atoms. The summed E-state index contributed by atoms with van der Waals surface area (Å²) in [5.74, 6) is 0. The third-order valence-corrected chi connectivity index (χ3v) is 3.16. The van der Waals surface area contributed by atoms with Crippen LogP contribution in [0.15, 0.2) is 24.3 Å². The van der Waals surface area contributed by atoms with E-state index in [9.17, 15) is 0 Å². The van der Waals surface area contributed by atoms with Crippen LogP contribution in [0.3, 0.4) is 0 Å². The van der Waals surface area contributed by atoms with Crippen molar-refractivity contribution in [3.05, 3.63) is 41.1 Å². The smallest absolute Gasteiger partial charge is 0.200 e. The molecule has 0 radical (unpaired) electrons. The van der Waals surface area contributed by atoms with Crippen LogP contribution in [0, 0.1) is 13.8 Å². The van der Waals surface area contributed by atoms with Gasteiger partial charge in [-0.05, 0) is 45.4 Å². The zero-order chi connectivity index (χ0) is 14.5. The molecule has 2 aromatic rings. The highest BCUT2D eigenvalue weighted by atomic mass is 16.7. The average Bonchev–Trinajstić information content (AvgIpc) is 2.91. The SMILES string of the molecule is CCOC(OCC)c1cc(-c2cc(C)ccc2C)n[nH]1. The van der Waals surface area contributed by atoms with Crippen molar-refractivity contribution in [3.8, 4) is 11.3 Å². The number of aromatic amines is 1. The van der Waals surface area contributed by atoms with Crippen LogP contribution >= 0.6 is 0 Å². The first-order chi connectivity index (χ1) is 9.65. The zero-order valence-corrected chi connectivity index (χ0v) is 12.6. The molecule has 0 fully saturated rings. The van der Waals surface area contributed by atoms with Gasteiger partial charge in [-0.3, -0.25) is 5.10 Å². The minimum atomic E-state index is -0.378. The van der Waals surface area contributed by atoms with E-state index in [0.29, 0.717) is 13.2 Å². The Labute approximate surface area is 120 Å². The molecule has 0 saturated heterocycles. The zero-order valence-electron chi connectivity index (χ0n) is 12.6. The lowest BCUT2D eigenvalue weighted by Crippen LogP contribution is -2.09. The first kappa shape index (κ1) is 14.8. The maximum Gasteiger partial charge on any atom is 0.200 e. The highest BCUT2D eigenvalue weighted by molar-refractivity contribution is 5.64. The highest BCUT2D eigenvalue weighted by Gasteiger charge is 2.16. The van der Waals surface area contributed by atoms with Crippen LogP contribution in [0.5, 0.6) is 0 Å². The molecular formula is C16H22N2O2. The van der Waals surface area contributed by atoms with Gasteiger partial charge in [-0.2, -0.15) is 5.10 Å². The van der Waals surface area contributed by atoms with Gasteiger partial charge in [-0.15, -0.1) is 0 Å². The molecule has 1 N–H and O–H groups in total. The summed E-state index contributed by atoms with van der Waals surface area (Å²) in [5.41, 5.74) is 5.34. The Morgan fingerprint density at radius 2 is 1.80 bits per heavy atom. The summed E-state index contributed by atoms with van der Waals surface area (Å²) in [6, 6.07) is 8.36. The van der Waals surface area contributed by atoms with Gasteiger partial charge < -0.3 is 9.47 Å². The molecule has 0 unspecified atom stereocenters. The van der Waals surface area contributed by atoms with Crippen molar-refractivity contribution in [1.82, 2.24) is 10.2 Å². The Hall–Kier alpha value is -1.65. The number of aromatic nitrogens is 2. The summed E-state index contributed by atoms with van der Waals surface area (Å²) < 4.78 is 11.2. The number of H-pyrrole nitrogens is 1. The fourth-order valence-electron chi connectivity index (χ4n) is 2.14. The Morgan fingerprint density at radius 3 is 2.45 bits per heavy atom. The highest BCUT2D eigenvalue weighted by Crippen LogP contribution is 2.26. The molecule has 0 aliphatic heterocycles. The van der Waals surface area contributed by atoms with E-state index in [1.54, 1.807) is 0 Å². The summed E-state index contributed by atoms with van der Waals surface area (Å²) in [6.07, 6.45) is -0.378. The van der Waals surface area contributed by atoms with Crippen molar-refractivity contribution in [2.75, 3.05) is 13.2 Å². The molecular weight excluding hydrogens is 252 g/mol. The lowest BCUT2D eigenvalue weighted by atomic mass is 10.0. The monoisotopic (exact) mass is 274 g/mol. The predicted molar refractivity (Wildman–Crippen MR) is 79.5 cm³/mol. The maximum absolute atomic E-state index is 5.58. The van der Waals surface area contributed by atoms with E-state index in [4.69, 9.17) is 9.47 Å². The summed E-state index contributed by atoms with van der Waals surface area (Å²) >= 11 is 0. The molecule has 108 valence electrons. The third kappa shape index (κ3) is 3.26. The molecule has 0 amide bonds. The Kier molecular flexibility index (Phi) is 4.93. The summed E-state index contributed by atoms with van der Waals surface area (Å²) in [6.45, 7) is 9.28. The largest absolute Gasteiger partial charge is 0.347 e. The number of aryl methyl sites for hydroxylation is 2. The summed E-state index contributed by atoms with van der Waals surface area (Å²) in [4.78, 5) is 0. The minimum absolute atomic E-state index is 0.378. The van der Waals surface area contributed by atoms with Crippen LogP contribution in [-0.2, 0) is 9.47 Å². The van der Waals surface area contributed by atoms with Gasteiger partial charge in [0.25, 0.3) is 0 Å². The molecule has 0 aliphatic rings. The molecule has 4 heteroatoms. The number of rotatable bonds is 6. The van der Waals surface area contributed by atoms with Crippen LogP contribution in [0.25, 0.3) is 11.3 Å². The number of nitrogens with zero attached hydrogens (tertiary/aromatic N) is 1. The van der Waals surface area contributed by atoms with E-state index < -0.39 is 0 Å². The Balaban J connectivity index is 2.29. The summed E-state index contributed by atoms with van der Waals surface area (Å²) in [5, 5.41) is 7.41. The molecule has 2 rings (SSSR count). The molecule has 4 nitrogen and oxygen atoms in total. The fraction of sp³-hybridized carbons (Fsp3) is 0.438. The Morgan fingerprint density at radius 1 is 1.10 bits per heavy atom. The van der Waals surface area contributed by atoms with Crippen LogP contribution in [0.4, 0.5) is 0 Å². The first-order valence-corrected chi connectivity index (χ1v) is 7.01. The van der Waals surface area contributed by atoms with Gasteiger partial charge in [0.05, 0.1) is 11.4 Å². The van der Waals surface area contributed by atoms with E-state index in [0.717, 1.165) is 17.0 Å². The second kappa shape index (κ2) is 6.68. The molecule has 1 heterocycles. The van der Waals surface area contributed by atoms with Gasteiger partial charge >= 0.3 is 0 Å². The van der Waals surface area contributed by atoms with Gasteiger partial charge in [0.15, 0.2) is 6.29 Å². The molecule has 0 spiro atoms. The number of ether oxygens (including phenoxy) is 2. The van der Waals surface area contributed by atoms with Gasteiger partial charge in [0, 0.05) is 18.8 Å². The number of hydrogen-bond donors (Lipinski definition) is 1. The van der Waals surface area contributed by atoms with E-state index in [-0.39, 0.29) is 6.29 Å². The normalized spacial score (nSPS) is 11.2. The first-order valence-electron chi connectivity index (χ1n) is 7.01. The average molecular weight is 274 g/mol. The van der Waals surface area contributed by atoms with Gasteiger partial charge in [-0.25, -0.2) is 0 Å². The topological polar surface area (TPSA) is 47.1 Å². The molecule has 0 atom stereocenters. The molecule has 0 saturated carbocycles. The van der Waals surface area contributed by atoms with E-state index >= 15 is 0 Å². The van der Waals surface area contributed by atoms with Gasteiger partial charge in [0.2, 0.25) is 0 Å². The second-order valence-electron chi connectivity index (χ2n) is 4.77. The lowest BCUT2D eigenvalue weighted by Gasteiger charge is -2.14. The van der Waals surface area contributed by atoms with Crippen molar-refractivity contribution in [3.63, 3.8) is 0 Å².